The average Bonchev–Trinajstić information content (AvgIpc) is 2.34. The number of anilines is 1. The molecule has 0 radical (unpaired) electrons. The van der Waals surface area contributed by atoms with Crippen LogP contribution in [0.4, 0.5) is 10.5 Å². The van der Waals surface area contributed by atoms with Gasteiger partial charge in [0, 0.05) is 10.7 Å². The van der Waals surface area contributed by atoms with Gasteiger partial charge in [0.1, 0.15) is 6.10 Å². The van der Waals surface area contributed by atoms with E-state index in [2.05, 4.69) is 5.32 Å². The molecule has 1 aliphatic rings. The monoisotopic (exact) mass is 267 g/mol. The van der Waals surface area contributed by atoms with E-state index < -0.39 is 0 Å². The normalized spacial score (nSPS) is 16.3. The quantitative estimate of drug-likeness (QED) is 0.855. The lowest BCUT2D eigenvalue weighted by molar-refractivity contribution is 0.0865. The predicted molar refractivity (Wildman–Crippen MR) is 73.2 cm³/mol. The molecule has 0 unspecified atom stereocenters. The summed E-state index contributed by atoms with van der Waals surface area (Å²) in [5, 5.41) is 3.43. The van der Waals surface area contributed by atoms with Gasteiger partial charge in [0.05, 0.1) is 0 Å². The van der Waals surface area contributed by atoms with Crippen LogP contribution in [-0.2, 0) is 4.74 Å². The van der Waals surface area contributed by atoms with Crippen LogP contribution >= 0.6 is 11.6 Å². The Morgan fingerprint density at radius 2 is 2.06 bits per heavy atom. The van der Waals surface area contributed by atoms with Gasteiger partial charge in [-0.05, 0) is 56.4 Å². The SMILES string of the molecule is Cc1cc(Cl)ccc1NC(=O)OC1CCCCC1. The molecule has 0 spiro atoms. The molecule has 1 amide bonds. The fraction of sp³-hybridized carbons (Fsp3) is 0.500. The number of nitrogens with one attached hydrogen (secondary N) is 1. The summed E-state index contributed by atoms with van der Waals surface area (Å²) in [4.78, 5) is 11.8. The van der Waals surface area contributed by atoms with E-state index in [-0.39, 0.29) is 12.2 Å². The molecule has 0 heterocycles. The second-order valence-corrected chi connectivity index (χ2v) is 5.19. The van der Waals surface area contributed by atoms with E-state index in [1.807, 2.05) is 13.0 Å². The first-order valence-electron chi connectivity index (χ1n) is 6.39. The lowest BCUT2D eigenvalue weighted by Gasteiger charge is -2.22. The summed E-state index contributed by atoms with van der Waals surface area (Å²) in [6, 6.07) is 5.36. The molecule has 0 aliphatic heterocycles. The third-order valence-electron chi connectivity index (χ3n) is 3.25. The molecule has 18 heavy (non-hydrogen) atoms. The number of carbonyl (C=O) groups excluding carboxylic acids is 1. The Hall–Kier alpha value is -1.22. The molecule has 2 rings (SSSR count). The summed E-state index contributed by atoms with van der Waals surface area (Å²) >= 11 is 5.87. The Bertz CT molecular complexity index is 428. The number of hydrogen-bond donors (Lipinski definition) is 1. The van der Waals surface area contributed by atoms with Crippen LogP contribution in [0.1, 0.15) is 37.7 Å². The highest BCUT2D eigenvalue weighted by molar-refractivity contribution is 6.30. The van der Waals surface area contributed by atoms with Gasteiger partial charge in [0.15, 0.2) is 0 Å². The highest BCUT2D eigenvalue weighted by Gasteiger charge is 2.17. The summed E-state index contributed by atoms with van der Waals surface area (Å²) in [6.45, 7) is 1.90. The second-order valence-electron chi connectivity index (χ2n) is 4.75. The van der Waals surface area contributed by atoms with E-state index >= 15 is 0 Å². The van der Waals surface area contributed by atoms with Gasteiger partial charge >= 0.3 is 6.09 Å². The zero-order valence-corrected chi connectivity index (χ0v) is 11.3. The van der Waals surface area contributed by atoms with Gasteiger partial charge in [0.25, 0.3) is 0 Å². The summed E-state index contributed by atoms with van der Waals surface area (Å²) in [5.41, 5.74) is 1.68. The van der Waals surface area contributed by atoms with Gasteiger partial charge in [-0.3, -0.25) is 5.32 Å². The van der Waals surface area contributed by atoms with Gasteiger partial charge in [0.2, 0.25) is 0 Å². The molecule has 0 saturated heterocycles. The highest BCUT2D eigenvalue weighted by atomic mass is 35.5. The van der Waals surface area contributed by atoms with Crippen LogP contribution < -0.4 is 5.32 Å². The Morgan fingerprint density at radius 1 is 1.33 bits per heavy atom. The molecule has 3 nitrogen and oxygen atoms in total. The number of benzene rings is 1. The Labute approximate surface area is 112 Å². The molecule has 98 valence electrons. The van der Waals surface area contributed by atoms with Crippen LogP contribution in [0.15, 0.2) is 18.2 Å². The molecular formula is C14H18ClNO2. The number of hydrogen-bond acceptors (Lipinski definition) is 2. The maximum atomic E-state index is 11.8. The van der Waals surface area contributed by atoms with Crippen LogP contribution in [0.2, 0.25) is 5.02 Å². The van der Waals surface area contributed by atoms with Crippen LogP contribution in [0.3, 0.4) is 0 Å². The Kier molecular flexibility index (Phi) is 4.48. The molecule has 0 bridgehead atoms. The standard InChI is InChI=1S/C14H18ClNO2/c1-10-9-11(15)7-8-13(10)16-14(17)18-12-5-3-2-4-6-12/h7-9,12H,2-6H2,1H3,(H,16,17). The van der Waals surface area contributed by atoms with E-state index in [9.17, 15) is 4.79 Å². The lowest BCUT2D eigenvalue weighted by atomic mass is 9.98. The molecular weight excluding hydrogens is 250 g/mol. The predicted octanol–water partition coefficient (Wildman–Crippen LogP) is 4.53. The molecule has 1 aromatic rings. The van der Waals surface area contributed by atoms with E-state index in [4.69, 9.17) is 16.3 Å². The first kappa shape index (κ1) is 13.2. The maximum Gasteiger partial charge on any atom is 0.411 e. The van der Waals surface area contributed by atoms with Crippen LogP contribution in [-0.4, -0.2) is 12.2 Å². The molecule has 4 heteroatoms. The van der Waals surface area contributed by atoms with Crippen molar-refractivity contribution in [1.29, 1.82) is 0 Å². The van der Waals surface area contributed by atoms with Crippen molar-refractivity contribution in [2.24, 2.45) is 0 Å². The van der Waals surface area contributed by atoms with Crippen LogP contribution in [0.5, 0.6) is 0 Å². The topological polar surface area (TPSA) is 38.3 Å². The average molecular weight is 268 g/mol. The van der Waals surface area contributed by atoms with Crippen LogP contribution in [0, 0.1) is 6.92 Å². The lowest BCUT2D eigenvalue weighted by Crippen LogP contribution is -2.24. The smallest absolute Gasteiger partial charge is 0.411 e. The van der Waals surface area contributed by atoms with Gasteiger partial charge in [-0.1, -0.05) is 18.0 Å². The first-order valence-corrected chi connectivity index (χ1v) is 6.77. The minimum absolute atomic E-state index is 0.0753. The zero-order valence-electron chi connectivity index (χ0n) is 10.5. The van der Waals surface area contributed by atoms with Crippen molar-refractivity contribution in [3.63, 3.8) is 0 Å². The Morgan fingerprint density at radius 3 is 2.72 bits per heavy atom. The number of aryl methyl sites for hydroxylation is 1. The fourth-order valence-electron chi connectivity index (χ4n) is 2.24. The molecule has 0 atom stereocenters. The van der Waals surface area contributed by atoms with Crippen molar-refractivity contribution in [2.75, 3.05) is 5.32 Å². The van der Waals surface area contributed by atoms with Crippen molar-refractivity contribution in [1.82, 2.24) is 0 Å². The highest BCUT2D eigenvalue weighted by Crippen LogP contribution is 2.22. The van der Waals surface area contributed by atoms with Crippen molar-refractivity contribution >= 4 is 23.4 Å². The van der Waals surface area contributed by atoms with Gasteiger partial charge < -0.3 is 4.74 Å². The zero-order chi connectivity index (χ0) is 13.0. The van der Waals surface area contributed by atoms with Crippen molar-refractivity contribution < 1.29 is 9.53 Å². The summed E-state index contributed by atoms with van der Waals surface area (Å²) in [7, 11) is 0. The third-order valence-corrected chi connectivity index (χ3v) is 3.49. The minimum Gasteiger partial charge on any atom is -0.446 e. The summed E-state index contributed by atoms with van der Waals surface area (Å²) in [5.74, 6) is 0. The van der Waals surface area contributed by atoms with Crippen molar-refractivity contribution in [3.8, 4) is 0 Å². The molecule has 1 saturated carbocycles. The van der Waals surface area contributed by atoms with Gasteiger partial charge in [-0.15, -0.1) is 0 Å². The molecule has 1 aromatic carbocycles. The van der Waals surface area contributed by atoms with E-state index in [1.165, 1.54) is 6.42 Å². The first-order chi connectivity index (χ1) is 8.65. The second kappa shape index (κ2) is 6.10. The number of halogens is 1. The van der Waals surface area contributed by atoms with Crippen molar-refractivity contribution in [2.45, 2.75) is 45.1 Å². The molecule has 1 aliphatic carbocycles. The van der Waals surface area contributed by atoms with E-state index in [1.54, 1.807) is 12.1 Å². The summed E-state index contributed by atoms with van der Waals surface area (Å²) in [6.07, 6.45) is 5.21. The van der Waals surface area contributed by atoms with Gasteiger partial charge in [-0.2, -0.15) is 0 Å². The molecule has 0 aromatic heterocycles. The van der Waals surface area contributed by atoms with Crippen molar-refractivity contribution in [3.05, 3.63) is 28.8 Å². The maximum absolute atomic E-state index is 11.8. The van der Waals surface area contributed by atoms with Gasteiger partial charge in [-0.25, -0.2) is 4.79 Å². The number of ether oxygens (including phenoxy) is 1. The van der Waals surface area contributed by atoms with Crippen LogP contribution in [0.25, 0.3) is 0 Å². The molecule has 1 N–H and O–H groups in total. The minimum atomic E-state index is -0.368. The van der Waals surface area contributed by atoms with E-state index in [0.717, 1.165) is 36.9 Å². The largest absolute Gasteiger partial charge is 0.446 e. The fourth-order valence-corrected chi connectivity index (χ4v) is 2.47. The summed E-state index contributed by atoms with van der Waals surface area (Å²) < 4.78 is 5.40. The van der Waals surface area contributed by atoms with E-state index in [0.29, 0.717) is 5.02 Å². The number of rotatable bonds is 2. The Balaban J connectivity index is 1.90. The number of carbonyl (C=O) groups is 1. The third kappa shape index (κ3) is 3.64. The number of amides is 1. The molecule has 1 fully saturated rings.